The Bertz CT molecular complexity index is 434. The van der Waals surface area contributed by atoms with Gasteiger partial charge in [0, 0.05) is 29.4 Å². The van der Waals surface area contributed by atoms with Gasteiger partial charge in [0.2, 0.25) is 0 Å². The summed E-state index contributed by atoms with van der Waals surface area (Å²) in [7, 11) is 1.71. The van der Waals surface area contributed by atoms with E-state index < -0.39 is 0 Å². The summed E-state index contributed by atoms with van der Waals surface area (Å²) >= 11 is 3.57. The number of rotatable bonds is 5. The molecule has 1 heterocycles. The van der Waals surface area contributed by atoms with Gasteiger partial charge in [0.25, 0.3) is 0 Å². The lowest BCUT2D eigenvalue weighted by Crippen LogP contribution is -2.25. The van der Waals surface area contributed by atoms with E-state index in [-0.39, 0.29) is 5.60 Å². The molecule has 0 radical (unpaired) electrons. The lowest BCUT2D eigenvalue weighted by molar-refractivity contribution is -0.00912. The molecule has 1 unspecified atom stereocenters. The summed E-state index contributed by atoms with van der Waals surface area (Å²) < 4.78 is 12.3. The largest absolute Gasteiger partial charge is 0.382 e. The van der Waals surface area contributed by atoms with E-state index >= 15 is 0 Å². The molecule has 19 heavy (non-hydrogen) atoms. The minimum Gasteiger partial charge on any atom is -0.382 e. The van der Waals surface area contributed by atoms with Gasteiger partial charge in [-0.25, -0.2) is 0 Å². The second-order valence-corrected chi connectivity index (χ2v) is 6.47. The van der Waals surface area contributed by atoms with Crippen LogP contribution in [0.3, 0.4) is 0 Å². The van der Waals surface area contributed by atoms with Crippen LogP contribution in [0.1, 0.15) is 32.3 Å². The topological polar surface area (TPSA) is 30.5 Å². The highest BCUT2D eigenvalue weighted by molar-refractivity contribution is 9.10. The van der Waals surface area contributed by atoms with Crippen molar-refractivity contribution in [2.75, 3.05) is 19.0 Å². The Morgan fingerprint density at radius 1 is 1.47 bits per heavy atom. The molecule has 1 fully saturated rings. The third-order valence-corrected chi connectivity index (χ3v) is 4.22. The summed E-state index contributed by atoms with van der Waals surface area (Å²) in [6, 6.07) is 6.15. The van der Waals surface area contributed by atoms with Crippen LogP contribution in [-0.2, 0) is 16.1 Å². The van der Waals surface area contributed by atoms with Crippen LogP contribution in [0, 0.1) is 0 Å². The Kier molecular flexibility index (Phi) is 4.87. The van der Waals surface area contributed by atoms with E-state index in [1.54, 1.807) is 7.11 Å². The molecule has 0 aromatic heterocycles. The van der Waals surface area contributed by atoms with E-state index in [4.69, 9.17) is 9.47 Å². The molecule has 4 heteroatoms. The number of hydrogen-bond acceptors (Lipinski definition) is 3. The molecule has 2 rings (SSSR count). The fraction of sp³-hybridized carbons (Fsp3) is 0.600. The van der Waals surface area contributed by atoms with E-state index in [2.05, 4.69) is 41.2 Å². The first-order chi connectivity index (χ1) is 9.02. The van der Waals surface area contributed by atoms with Gasteiger partial charge < -0.3 is 14.8 Å². The van der Waals surface area contributed by atoms with E-state index in [0.717, 1.165) is 35.1 Å². The minimum atomic E-state index is 0.0268. The summed E-state index contributed by atoms with van der Waals surface area (Å²) in [5, 5.41) is 3.48. The van der Waals surface area contributed by atoms with Gasteiger partial charge in [-0.1, -0.05) is 22.0 Å². The summed E-state index contributed by atoms with van der Waals surface area (Å²) in [5.41, 5.74) is 2.30. The van der Waals surface area contributed by atoms with Crippen molar-refractivity contribution in [2.24, 2.45) is 0 Å². The highest BCUT2D eigenvalue weighted by Crippen LogP contribution is 2.30. The molecule has 0 aliphatic carbocycles. The molecule has 3 nitrogen and oxygen atoms in total. The molecular formula is C15H22BrNO2. The van der Waals surface area contributed by atoms with E-state index in [1.165, 1.54) is 0 Å². The van der Waals surface area contributed by atoms with Crippen molar-refractivity contribution < 1.29 is 9.47 Å². The van der Waals surface area contributed by atoms with Crippen LogP contribution >= 0.6 is 15.9 Å². The molecule has 1 aromatic carbocycles. The van der Waals surface area contributed by atoms with Crippen molar-refractivity contribution in [3.05, 3.63) is 28.2 Å². The van der Waals surface area contributed by atoms with Gasteiger partial charge >= 0.3 is 0 Å². The number of methoxy groups -OCH3 is 1. The van der Waals surface area contributed by atoms with Gasteiger partial charge in [-0.2, -0.15) is 0 Å². The van der Waals surface area contributed by atoms with E-state index in [0.29, 0.717) is 12.7 Å². The number of anilines is 1. The normalized spacial score (nSPS) is 21.6. The number of hydrogen-bond donors (Lipinski definition) is 1. The molecule has 1 atom stereocenters. The smallest absolute Gasteiger partial charge is 0.0755 e. The van der Waals surface area contributed by atoms with Crippen LogP contribution in [0.4, 0.5) is 5.69 Å². The minimum absolute atomic E-state index is 0.0268. The molecule has 0 bridgehead atoms. The van der Waals surface area contributed by atoms with Crippen molar-refractivity contribution >= 4 is 21.6 Å². The SMILES string of the molecule is COCc1c(Br)cccc1NCC1CCC(C)(C)O1. The number of nitrogens with one attached hydrogen (secondary N) is 1. The first kappa shape index (κ1) is 14.8. The molecule has 1 aliphatic heterocycles. The molecule has 106 valence electrons. The van der Waals surface area contributed by atoms with E-state index in [9.17, 15) is 0 Å². The third kappa shape index (κ3) is 3.94. The lowest BCUT2D eigenvalue weighted by atomic mass is 10.1. The van der Waals surface area contributed by atoms with Gasteiger partial charge in [-0.05, 0) is 38.8 Å². The van der Waals surface area contributed by atoms with Gasteiger partial charge in [-0.15, -0.1) is 0 Å². The third-order valence-electron chi connectivity index (χ3n) is 3.48. The van der Waals surface area contributed by atoms with Crippen molar-refractivity contribution in [1.82, 2.24) is 0 Å². The average Bonchev–Trinajstić information content (AvgIpc) is 2.70. The highest BCUT2D eigenvalue weighted by Gasteiger charge is 2.31. The monoisotopic (exact) mass is 327 g/mol. The highest BCUT2D eigenvalue weighted by atomic mass is 79.9. The zero-order valence-electron chi connectivity index (χ0n) is 11.8. The Labute approximate surface area is 123 Å². The Hall–Kier alpha value is -0.580. The summed E-state index contributed by atoms with van der Waals surface area (Å²) in [6.45, 7) is 5.75. The van der Waals surface area contributed by atoms with Gasteiger partial charge in [0.15, 0.2) is 0 Å². The predicted octanol–water partition coefficient (Wildman–Crippen LogP) is 3.97. The van der Waals surface area contributed by atoms with Gasteiger partial charge in [0.05, 0.1) is 18.3 Å². The predicted molar refractivity (Wildman–Crippen MR) is 81.5 cm³/mol. The first-order valence-electron chi connectivity index (χ1n) is 6.70. The maximum Gasteiger partial charge on any atom is 0.0755 e. The van der Waals surface area contributed by atoms with Crippen molar-refractivity contribution in [2.45, 2.75) is 45.0 Å². The first-order valence-corrected chi connectivity index (χ1v) is 7.49. The molecule has 1 N–H and O–H groups in total. The number of benzene rings is 1. The van der Waals surface area contributed by atoms with Crippen LogP contribution in [0.2, 0.25) is 0 Å². The van der Waals surface area contributed by atoms with E-state index in [1.807, 2.05) is 12.1 Å². The molecule has 1 aromatic rings. The second-order valence-electron chi connectivity index (χ2n) is 5.62. The molecular weight excluding hydrogens is 306 g/mol. The van der Waals surface area contributed by atoms with Crippen molar-refractivity contribution in [3.63, 3.8) is 0 Å². The second kappa shape index (κ2) is 6.25. The quantitative estimate of drug-likeness (QED) is 0.887. The summed E-state index contributed by atoms with van der Waals surface area (Å²) in [6.07, 6.45) is 2.54. The molecule has 0 spiro atoms. The lowest BCUT2D eigenvalue weighted by Gasteiger charge is -2.20. The van der Waals surface area contributed by atoms with Crippen LogP contribution in [0.5, 0.6) is 0 Å². The molecule has 0 saturated carbocycles. The van der Waals surface area contributed by atoms with Crippen LogP contribution in [-0.4, -0.2) is 25.4 Å². The average molecular weight is 328 g/mol. The van der Waals surface area contributed by atoms with Crippen LogP contribution in [0.15, 0.2) is 22.7 Å². The molecule has 0 amide bonds. The maximum atomic E-state index is 6.00. The zero-order valence-corrected chi connectivity index (χ0v) is 13.4. The summed E-state index contributed by atoms with van der Waals surface area (Å²) in [5.74, 6) is 0. The fourth-order valence-corrected chi connectivity index (χ4v) is 2.94. The van der Waals surface area contributed by atoms with Crippen LogP contribution < -0.4 is 5.32 Å². The van der Waals surface area contributed by atoms with Gasteiger partial charge in [0.1, 0.15) is 0 Å². The van der Waals surface area contributed by atoms with Crippen LogP contribution in [0.25, 0.3) is 0 Å². The van der Waals surface area contributed by atoms with Gasteiger partial charge in [-0.3, -0.25) is 0 Å². The summed E-state index contributed by atoms with van der Waals surface area (Å²) in [4.78, 5) is 0. The van der Waals surface area contributed by atoms with Crippen molar-refractivity contribution in [3.8, 4) is 0 Å². The fourth-order valence-electron chi connectivity index (χ4n) is 2.46. The Balaban J connectivity index is 1.98. The zero-order chi connectivity index (χ0) is 13.9. The number of halogens is 1. The molecule has 1 aliphatic rings. The molecule has 1 saturated heterocycles. The van der Waals surface area contributed by atoms with Crippen molar-refractivity contribution in [1.29, 1.82) is 0 Å². The standard InChI is InChI=1S/C15H22BrNO2/c1-15(2)8-7-11(19-15)9-17-14-6-4-5-13(16)12(14)10-18-3/h4-6,11,17H,7-10H2,1-3H3. The Morgan fingerprint density at radius 2 is 2.26 bits per heavy atom. The maximum absolute atomic E-state index is 6.00. The number of ether oxygens (including phenoxy) is 2. The Morgan fingerprint density at radius 3 is 2.89 bits per heavy atom.